The summed E-state index contributed by atoms with van der Waals surface area (Å²) in [6.07, 6.45) is 8.12. The summed E-state index contributed by atoms with van der Waals surface area (Å²) in [4.78, 5) is 12.0. The maximum atomic E-state index is 12.0. The van der Waals surface area contributed by atoms with E-state index in [1.165, 1.54) is 0 Å². The average molecular weight is 322 g/mol. The number of hydrogen-bond acceptors (Lipinski definition) is 3. The molecule has 3 N–H and O–H groups in total. The summed E-state index contributed by atoms with van der Waals surface area (Å²) >= 11 is 0. The molecule has 0 aliphatic heterocycles. The molecule has 1 spiro atoms. The largest absolute Gasteiger partial charge is 0.481 e. The maximum Gasteiger partial charge on any atom is 0.309 e. The molecule has 0 heterocycles. The van der Waals surface area contributed by atoms with Crippen molar-refractivity contribution in [1.82, 2.24) is 0 Å². The summed E-state index contributed by atoms with van der Waals surface area (Å²) in [5.41, 5.74) is -0.539. The van der Waals surface area contributed by atoms with Crippen LogP contribution < -0.4 is 0 Å². The van der Waals surface area contributed by atoms with Crippen LogP contribution in [0.5, 0.6) is 0 Å². The first-order chi connectivity index (χ1) is 10.6. The lowest BCUT2D eigenvalue weighted by Gasteiger charge is -2.63. The van der Waals surface area contributed by atoms with Crippen LogP contribution in [0, 0.1) is 34.0 Å². The van der Waals surface area contributed by atoms with Gasteiger partial charge in [0.15, 0.2) is 5.79 Å². The van der Waals surface area contributed by atoms with Crippen LogP contribution in [-0.4, -0.2) is 27.1 Å². The molecule has 4 heteroatoms. The standard InChI is InChI=1S/C19H30O4/c1-16-7-3-8-17(2,15(20)21)13(16)6-9-18-10-12(4-5-14(16)18)19(22,23)11-18/h12-14,22-23H,3-11H2,1-2H3,(H,20,21)/t12-,13+,14+,16-,17-,18?/m1/s1. The zero-order valence-electron chi connectivity index (χ0n) is 14.3. The van der Waals surface area contributed by atoms with Crippen LogP contribution in [0.15, 0.2) is 0 Å². The molecule has 0 radical (unpaired) electrons. The van der Waals surface area contributed by atoms with Crippen molar-refractivity contribution in [1.29, 1.82) is 0 Å². The van der Waals surface area contributed by atoms with Crippen molar-refractivity contribution < 1.29 is 20.1 Å². The smallest absolute Gasteiger partial charge is 0.309 e. The second-order valence-corrected chi connectivity index (χ2v) is 9.62. The molecule has 4 fully saturated rings. The summed E-state index contributed by atoms with van der Waals surface area (Å²) in [5, 5.41) is 30.7. The number of carboxylic acid groups (broad SMARTS) is 1. The van der Waals surface area contributed by atoms with E-state index in [-0.39, 0.29) is 22.7 Å². The Kier molecular flexibility index (Phi) is 3.12. The van der Waals surface area contributed by atoms with Crippen molar-refractivity contribution in [3.8, 4) is 0 Å². The van der Waals surface area contributed by atoms with E-state index in [2.05, 4.69) is 6.92 Å². The van der Waals surface area contributed by atoms with Gasteiger partial charge in [0.05, 0.1) is 5.41 Å². The van der Waals surface area contributed by atoms with Gasteiger partial charge in [-0.25, -0.2) is 0 Å². The molecule has 0 saturated heterocycles. The Balaban J connectivity index is 1.74. The summed E-state index contributed by atoms with van der Waals surface area (Å²) < 4.78 is 0. The first-order valence-electron chi connectivity index (χ1n) is 9.32. The number of fused-ring (bicyclic) bond motifs is 3. The molecular formula is C19H30O4. The van der Waals surface area contributed by atoms with Crippen molar-refractivity contribution in [3.63, 3.8) is 0 Å². The van der Waals surface area contributed by atoms with Gasteiger partial charge in [0, 0.05) is 12.3 Å². The highest BCUT2D eigenvalue weighted by atomic mass is 16.5. The van der Waals surface area contributed by atoms with Crippen molar-refractivity contribution in [2.45, 2.75) is 77.4 Å². The predicted molar refractivity (Wildman–Crippen MR) is 85.5 cm³/mol. The van der Waals surface area contributed by atoms with Crippen LogP contribution in [0.2, 0.25) is 0 Å². The minimum atomic E-state index is -1.50. The third-order valence-corrected chi connectivity index (χ3v) is 8.65. The third kappa shape index (κ3) is 1.88. The van der Waals surface area contributed by atoms with Crippen molar-refractivity contribution >= 4 is 5.97 Å². The van der Waals surface area contributed by atoms with E-state index >= 15 is 0 Å². The second-order valence-electron chi connectivity index (χ2n) is 9.62. The molecule has 4 aliphatic carbocycles. The summed E-state index contributed by atoms with van der Waals surface area (Å²) in [7, 11) is 0. The van der Waals surface area contributed by atoms with Crippen LogP contribution in [0.3, 0.4) is 0 Å². The minimum Gasteiger partial charge on any atom is -0.481 e. The average Bonchev–Trinajstić information content (AvgIpc) is 2.63. The van der Waals surface area contributed by atoms with Gasteiger partial charge in [-0.15, -0.1) is 0 Å². The Hall–Kier alpha value is -0.610. The molecule has 23 heavy (non-hydrogen) atoms. The van der Waals surface area contributed by atoms with Gasteiger partial charge >= 0.3 is 5.97 Å². The molecule has 4 nitrogen and oxygen atoms in total. The van der Waals surface area contributed by atoms with Crippen LogP contribution in [0.4, 0.5) is 0 Å². The molecule has 4 aliphatic rings. The zero-order valence-corrected chi connectivity index (χ0v) is 14.3. The van der Waals surface area contributed by atoms with E-state index in [1.54, 1.807) is 0 Å². The number of carbonyl (C=O) groups is 1. The molecule has 6 atom stereocenters. The second kappa shape index (κ2) is 4.51. The van der Waals surface area contributed by atoms with Crippen molar-refractivity contribution in [3.05, 3.63) is 0 Å². The third-order valence-electron chi connectivity index (χ3n) is 8.65. The molecule has 0 amide bonds. The normalized spacial score (nSPS) is 54.2. The fraction of sp³-hybridized carbons (Fsp3) is 0.947. The number of aliphatic hydroxyl groups is 2. The van der Waals surface area contributed by atoms with E-state index < -0.39 is 17.2 Å². The summed E-state index contributed by atoms with van der Waals surface area (Å²) in [5.74, 6) is -1.44. The quantitative estimate of drug-likeness (QED) is 0.648. The Bertz CT molecular complexity index is 543. The maximum absolute atomic E-state index is 12.0. The highest BCUT2D eigenvalue weighted by Gasteiger charge is 2.68. The molecular weight excluding hydrogens is 292 g/mol. The molecule has 1 unspecified atom stereocenters. The molecule has 0 aromatic carbocycles. The monoisotopic (exact) mass is 322 g/mol. The van der Waals surface area contributed by atoms with Gasteiger partial charge < -0.3 is 15.3 Å². The minimum absolute atomic E-state index is 0.0216. The molecule has 0 aromatic heterocycles. The van der Waals surface area contributed by atoms with Gasteiger partial charge in [-0.2, -0.15) is 0 Å². The van der Waals surface area contributed by atoms with Crippen LogP contribution in [0.25, 0.3) is 0 Å². The fourth-order valence-electron chi connectivity index (χ4n) is 7.72. The molecule has 4 saturated carbocycles. The fourth-order valence-corrected chi connectivity index (χ4v) is 7.72. The molecule has 130 valence electrons. The van der Waals surface area contributed by atoms with Crippen LogP contribution >= 0.6 is 0 Å². The first kappa shape index (κ1) is 15.9. The van der Waals surface area contributed by atoms with Crippen LogP contribution in [-0.2, 0) is 4.79 Å². The van der Waals surface area contributed by atoms with E-state index in [0.29, 0.717) is 12.3 Å². The van der Waals surface area contributed by atoms with Crippen molar-refractivity contribution in [2.24, 2.45) is 34.0 Å². The number of hydrogen-bond donors (Lipinski definition) is 3. The summed E-state index contributed by atoms with van der Waals surface area (Å²) in [6, 6.07) is 0. The number of rotatable bonds is 1. The topological polar surface area (TPSA) is 77.8 Å². The number of aliphatic carboxylic acids is 1. The van der Waals surface area contributed by atoms with E-state index in [1.807, 2.05) is 6.92 Å². The van der Waals surface area contributed by atoms with Gasteiger partial charge in [0.1, 0.15) is 0 Å². The molecule has 2 bridgehead atoms. The highest BCUT2D eigenvalue weighted by Crippen LogP contribution is 2.72. The summed E-state index contributed by atoms with van der Waals surface area (Å²) in [6.45, 7) is 4.27. The van der Waals surface area contributed by atoms with Gasteiger partial charge in [-0.05, 0) is 74.5 Å². The molecule has 0 aromatic rings. The first-order valence-corrected chi connectivity index (χ1v) is 9.32. The van der Waals surface area contributed by atoms with E-state index in [0.717, 1.165) is 51.4 Å². The Labute approximate surface area is 138 Å². The Morgan fingerprint density at radius 2 is 1.74 bits per heavy atom. The zero-order chi connectivity index (χ0) is 16.7. The van der Waals surface area contributed by atoms with E-state index in [9.17, 15) is 20.1 Å². The lowest BCUT2D eigenvalue weighted by atomic mass is 9.41. The van der Waals surface area contributed by atoms with Gasteiger partial charge in [-0.1, -0.05) is 13.3 Å². The van der Waals surface area contributed by atoms with E-state index in [4.69, 9.17) is 0 Å². The Morgan fingerprint density at radius 1 is 1.00 bits per heavy atom. The van der Waals surface area contributed by atoms with Gasteiger partial charge in [-0.3, -0.25) is 4.79 Å². The van der Waals surface area contributed by atoms with Crippen LogP contribution in [0.1, 0.15) is 71.6 Å². The Morgan fingerprint density at radius 3 is 2.43 bits per heavy atom. The van der Waals surface area contributed by atoms with Gasteiger partial charge in [0.25, 0.3) is 0 Å². The lowest BCUT2D eigenvalue weighted by Crippen LogP contribution is -2.58. The highest BCUT2D eigenvalue weighted by molar-refractivity contribution is 5.75. The lowest BCUT2D eigenvalue weighted by molar-refractivity contribution is -0.192. The predicted octanol–water partition coefficient (Wildman–Crippen LogP) is 3.16. The van der Waals surface area contributed by atoms with Gasteiger partial charge in [0.2, 0.25) is 0 Å². The molecule has 4 rings (SSSR count). The SMILES string of the molecule is C[C@@]12CCC[C@@](C)(C(=O)O)[C@H]1CCC13C[C@@H](CC[C@H]12)C(O)(O)C3. The number of carboxylic acids is 1. The van der Waals surface area contributed by atoms with Crippen molar-refractivity contribution in [2.75, 3.05) is 0 Å².